The summed E-state index contributed by atoms with van der Waals surface area (Å²) in [4.78, 5) is 29.2. The van der Waals surface area contributed by atoms with Crippen LogP contribution >= 0.6 is 12.2 Å². The third kappa shape index (κ3) is 5.03. The lowest BCUT2D eigenvalue weighted by molar-refractivity contribution is -0.130. The van der Waals surface area contributed by atoms with E-state index in [1.54, 1.807) is 21.9 Å². The molecule has 0 spiro atoms. The largest absolute Gasteiger partial charge is 0.494 e. The number of fused-ring (bicyclic) bond motifs is 1. The SMILES string of the molecule is CCCOc1ccc(NC(=O)CC2C(=O)N(CC)C(=S)N2Cc2ccc3c(c2)OCO3)cc1. The van der Waals surface area contributed by atoms with Crippen LogP contribution in [0.25, 0.3) is 0 Å². The summed E-state index contributed by atoms with van der Waals surface area (Å²) >= 11 is 5.57. The monoisotopic (exact) mass is 469 g/mol. The molecule has 2 amide bonds. The van der Waals surface area contributed by atoms with Gasteiger partial charge in [0.2, 0.25) is 12.7 Å². The molecule has 174 valence electrons. The van der Waals surface area contributed by atoms with Crippen molar-refractivity contribution in [1.29, 1.82) is 0 Å². The Kier molecular flexibility index (Phi) is 6.98. The maximum Gasteiger partial charge on any atom is 0.252 e. The van der Waals surface area contributed by atoms with E-state index in [4.69, 9.17) is 26.4 Å². The van der Waals surface area contributed by atoms with Gasteiger partial charge in [-0.05, 0) is 67.5 Å². The average molecular weight is 470 g/mol. The molecular weight excluding hydrogens is 442 g/mol. The molecule has 4 rings (SSSR count). The van der Waals surface area contributed by atoms with Gasteiger partial charge in [0, 0.05) is 18.8 Å². The maximum absolute atomic E-state index is 13.0. The molecule has 1 unspecified atom stereocenters. The standard InChI is InChI=1S/C24H27N3O5S/c1-3-11-30-18-8-6-17(7-9-18)25-22(28)13-19-23(29)26(4-2)24(33)27(19)14-16-5-10-20-21(12-16)32-15-31-20/h5-10,12,19H,3-4,11,13-15H2,1-2H3,(H,25,28). The molecule has 0 aromatic heterocycles. The first-order valence-corrected chi connectivity index (χ1v) is 11.4. The van der Waals surface area contributed by atoms with Crippen LogP contribution in [0.2, 0.25) is 0 Å². The summed E-state index contributed by atoms with van der Waals surface area (Å²) in [7, 11) is 0. The van der Waals surface area contributed by atoms with Crippen LogP contribution in [0.15, 0.2) is 42.5 Å². The van der Waals surface area contributed by atoms with Crippen molar-refractivity contribution in [2.45, 2.75) is 39.3 Å². The number of rotatable bonds is 9. The van der Waals surface area contributed by atoms with Crippen LogP contribution in [0.4, 0.5) is 5.69 Å². The fraction of sp³-hybridized carbons (Fsp3) is 0.375. The van der Waals surface area contributed by atoms with Crippen LogP contribution < -0.4 is 19.5 Å². The van der Waals surface area contributed by atoms with E-state index in [0.29, 0.717) is 42.0 Å². The van der Waals surface area contributed by atoms with Gasteiger partial charge in [-0.1, -0.05) is 13.0 Å². The highest BCUT2D eigenvalue weighted by Crippen LogP contribution is 2.34. The Labute approximate surface area is 198 Å². The highest BCUT2D eigenvalue weighted by Gasteiger charge is 2.42. The highest BCUT2D eigenvalue weighted by atomic mass is 32.1. The van der Waals surface area contributed by atoms with Crippen LogP contribution in [-0.4, -0.2) is 52.7 Å². The van der Waals surface area contributed by atoms with Crippen molar-refractivity contribution in [2.75, 3.05) is 25.3 Å². The molecule has 9 heteroatoms. The Hall–Kier alpha value is -3.33. The number of anilines is 1. The van der Waals surface area contributed by atoms with Gasteiger partial charge in [0.05, 0.1) is 13.0 Å². The van der Waals surface area contributed by atoms with Crippen molar-refractivity contribution in [3.05, 3.63) is 48.0 Å². The van der Waals surface area contributed by atoms with Crippen molar-refractivity contribution in [3.63, 3.8) is 0 Å². The maximum atomic E-state index is 13.0. The number of likely N-dealkylation sites (N-methyl/N-ethyl adjacent to an activating group) is 1. The lowest BCUT2D eigenvalue weighted by Gasteiger charge is -2.24. The smallest absolute Gasteiger partial charge is 0.252 e. The second-order valence-corrected chi connectivity index (χ2v) is 8.19. The molecule has 2 heterocycles. The molecule has 0 saturated carbocycles. The van der Waals surface area contributed by atoms with Crippen molar-refractivity contribution in [3.8, 4) is 17.2 Å². The Morgan fingerprint density at radius 2 is 1.91 bits per heavy atom. The lowest BCUT2D eigenvalue weighted by Crippen LogP contribution is -2.37. The van der Waals surface area contributed by atoms with Crippen molar-refractivity contribution in [2.24, 2.45) is 0 Å². The van der Waals surface area contributed by atoms with Crippen LogP contribution in [0, 0.1) is 0 Å². The number of benzene rings is 2. The van der Waals surface area contributed by atoms with E-state index >= 15 is 0 Å². The third-order valence-electron chi connectivity index (χ3n) is 5.50. The molecule has 8 nitrogen and oxygen atoms in total. The summed E-state index contributed by atoms with van der Waals surface area (Å²) < 4.78 is 16.4. The molecule has 1 atom stereocenters. The number of hydrogen-bond acceptors (Lipinski definition) is 6. The molecule has 2 aliphatic heterocycles. The molecule has 2 aromatic carbocycles. The second-order valence-electron chi connectivity index (χ2n) is 7.82. The van der Waals surface area contributed by atoms with Gasteiger partial charge < -0.3 is 24.4 Å². The fourth-order valence-corrected chi connectivity index (χ4v) is 4.25. The number of amides is 2. The minimum atomic E-state index is -0.671. The van der Waals surface area contributed by atoms with Gasteiger partial charge in [-0.3, -0.25) is 14.5 Å². The summed E-state index contributed by atoms with van der Waals surface area (Å²) in [6, 6.07) is 12.1. The molecule has 0 radical (unpaired) electrons. The molecule has 2 aliphatic rings. The molecule has 0 aliphatic carbocycles. The van der Waals surface area contributed by atoms with Gasteiger partial charge in [-0.25, -0.2) is 0 Å². The van der Waals surface area contributed by atoms with Crippen LogP contribution in [0.5, 0.6) is 17.2 Å². The zero-order valence-corrected chi connectivity index (χ0v) is 19.5. The van der Waals surface area contributed by atoms with E-state index in [-0.39, 0.29) is 25.0 Å². The van der Waals surface area contributed by atoms with Gasteiger partial charge in [0.25, 0.3) is 5.91 Å². The van der Waals surface area contributed by atoms with Crippen LogP contribution in [-0.2, 0) is 16.1 Å². The fourth-order valence-electron chi connectivity index (χ4n) is 3.84. The van der Waals surface area contributed by atoms with Crippen molar-refractivity contribution in [1.82, 2.24) is 9.80 Å². The lowest BCUT2D eigenvalue weighted by atomic mass is 10.1. The topological polar surface area (TPSA) is 80.3 Å². The number of nitrogens with zero attached hydrogens (tertiary/aromatic N) is 2. The van der Waals surface area contributed by atoms with Crippen molar-refractivity contribution >= 4 is 34.8 Å². The first-order chi connectivity index (χ1) is 16.0. The molecule has 0 bridgehead atoms. The van der Waals surface area contributed by atoms with Gasteiger partial charge in [-0.15, -0.1) is 0 Å². The molecule has 1 N–H and O–H groups in total. The van der Waals surface area contributed by atoms with Gasteiger partial charge in [-0.2, -0.15) is 0 Å². The van der Waals surface area contributed by atoms with E-state index in [1.807, 2.05) is 44.2 Å². The third-order valence-corrected chi connectivity index (χ3v) is 5.95. The molecular formula is C24H27N3O5S. The zero-order chi connectivity index (χ0) is 23.4. The van der Waals surface area contributed by atoms with Gasteiger partial charge >= 0.3 is 0 Å². The van der Waals surface area contributed by atoms with Crippen molar-refractivity contribution < 1.29 is 23.8 Å². The summed E-state index contributed by atoms with van der Waals surface area (Å²) in [5.41, 5.74) is 1.56. The molecule has 33 heavy (non-hydrogen) atoms. The predicted molar refractivity (Wildman–Crippen MR) is 127 cm³/mol. The Balaban J connectivity index is 1.45. The number of hydrogen-bond donors (Lipinski definition) is 1. The normalized spacial score (nSPS) is 17.0. The second kappa shape index (κ2) is 10.1. The Morgan fingerprint density at radius 1 is 1.15 bits per heavy atom. The summed E-state index contributed by atoms with van der Waals surface area (Å²) in [6.07, 6.45) is 0.918. The summed E-state index contributed by atoms with van der Waals surface area (Å²) in [5.74, 6) is 1.68. The number of thiocarbonyl (C=S) groups is 1. The minimum Gasteiger partial charge on any atom is -0.494 e. The summed E-state index contributed by atoms with van der Waals surface area (Å²) in [5, 5.41) is 3.29. The Bertz CT molecular complexity index is 1040. The van der Waals surface area contributed by atoms with Crippen LogP contribution in [0.1, 0.15) is 32.3 Å². The summed E-state index contributed by atoms with van der Waals surface area (Å²) in [6.45, 7) is 5.58. The Morgan fingerprint density at radius 3 is 2.64 bits per heavy atom. The van der Waals surface area contributed by atoms with E-state index < -0.39 is 6.04 Å². The number of carbonyl (C=O) groups excluding carboxylic acids is 2. The van der Waals surface area contributed by atoms with Crippen LogP contribution in [0.3, 0.4) is 0 Å². The van der Waals surface area contributed by atoms with E-state index in [2.05, 4.69) is 5.32 Å². The van der Waals surface area contributed by atoms with E-state index in [0.717, 1.165) is 17.7 Å². The molecule has 2 aromatic rings. The zero-order valence-electron chi connectivity index (χ0n) is 18.7. The highest BCUT2D eigenvalue weighted by molar-refractivity contribution is 7.80. The molecule has 1 fully saturated rings. The number of ether oxygens (including phenoxy) is 3. The van der Waals surface area contributed by atoms with Gasteiger partial charge in [0.1, 0.15) is 11.8 Å². The van der Waals surface area contributed by atoms with Gasteiger partial charge in [0.15, 0.2) is 16.6 Å². The minimum absolute atomic E-state index is 0.00584. The molecule has 1 saturated heterocycles. The van der Waals surface area contributed by atoms with E-state index in [9.17, 15) is 9.59 Å². The predicted octanol–water partition coefficient (Wildman–Crippen LogP) is 3.55. The number of nitrogens with one attached hydrogen (secondary N) is 1. The first-order valence-electron chi connectivity index (χ1n) is 11.0. The quantitative estimate of drug-likeness (QED) is 0.563. The first kappa shape index (κ1) is 22.8. The average Bonchev–Trinajstić information content (AvgIpc) is 3.36. The van der Waals surface area contributed by atoms with E-state index in [1.165, 1.54) is 0 Å². The number of carbonyl (C=O) groups is 2.